The zero-order chi connectivity index (χ0) is 25.4. The van der Waals surface area contributed by atoms with Crippen LogP contribution in [0.2, 0.25) is 0 Å². The molecule has 0 aliphatic heterocycles. The van der Waals surface area contributed by atoms with Gasteiger partial charge in [0.05, 0.1) is 6.61 Å². The molecule has 0 spiro atoms. The van der Waals surface area contributed by atoms with Crippen LogP contribution in [0.15, 0.2) is 12.2 Å². The molecule has 0 aromatic carbocycles. The lowest BCUT2D eigenvalue weighted by molar-refractivity contribution is -0.138. The minimum atomic E-state index is -1.31. The number of rotatable bonds is 23. The van der Waals surface area contributed by atoms with Gasteiger partial charge in [-0.1, -0.05) is 70.4 Å². The van der Waals surface area contributed by atoms with Crippen molar-refractivity contribution in [1.29, 1.82) is 0 Å². The largest absolute Gasteiger partial charge is 0.480 e. The normalized spacial score (nSPS) is 11.1. The van der Waals surface area contributed by atoms with Gasteiger partial charge in [0.2, 0.25) is 5.91 Å². The maximum atomic E-state index is 12.6. The Labute approximate surface area is 206 Å². The van der Waals surface area contributed by atoms with E-state index in [-0.39, 0.29) is 19.0 Å². The minimum absolute atomic E-state index is 0.0382. The first-order valence-corrected chi connectivity index (χ1v) is 13.0. The van der Waals surface area contributed by atoms with E-state index in [0.717, 1.165) is 37.0 Å². The number of allylic oxidation sites excluding steroid dienone is 2. The van der Waals surface area contributed by atoms with Gasteiger partial charge in [0, 0.05) is 33.2 Å². The van der Waals surface area contributed by atoms with Gasteiger partial charge >= 0.3 is 12.1 Å². The third-order valence-electron chi connectivity index (χ3n) is 5.81. The van der Waals surface area contributed by atoms with Gasteiger partial charge in [0.25, 0.3) is 0 Å². The Kier molecular flexibility index (Phi) is 21.3. The van der Waals surface area contributed by atoms with Crippen molar-refractivity contribution in [3.63, 3.8) is 0 Å². The van der Waals surface area contributed by atoms with Crippen LogP contribution in [-0.2, 0) is 14.3 Å². The number of aliphatic carboxylic acids is 1. The van der Waals surface area contributed by atoms with E-state index in [1.165, 1.54) is 51.4 Å². The standard InChI is InChI=1S/C26H48N2O6/c1-3-4-5-6-7-8-9-10-11-12-13-14-15-16-17-18-24(29)27(21-22-34-2)19-20-28(26(32)33)23-25(30)31/h10-11H,3-9,12-23H2,1-2H3,(H,30,31)(H,32,33)/b11-10-. The van der Waals surface area contributed by atoms with E-state index in [1.807, 2.05) is 0 Å². The first kappa shape index (κ1) is 31.9. The van der Waals surface area contributed by atoms with Gasteiger partial charge in [-0.15, -0.1) is 0 Å². The topological polar surface area (TPSA) is 107 Å². The summed E-state index contributed by atoms with van der Waals surface area (Å²) in [6.45, 7) is 2.48. The number of nitrogens with zero attached hydrogens (tertiary/aromatic N) is 2. The monoisotopic (exact) mass is 484 g/mol. The second-order valence-electron chi connectivity index (χ2n) is 8.81. The number of unbranched alkanes of at least 4 members (excludes halogenated alkanes) is 11. The summed E-state index contributed by atoms with van der Waals surface area (Å²) in [4.78, 5) is 36.9. The number of amides is 2. The van der Waals surface area contributed by atoms with Crippen molar-refractivity contribution in [1.82, 2.24) is 9.80 Å². The van der Waals surface area contributed by atoms with E-state index in [2.05, 4.69) is 19.1 Å². The van der Waals surface area contributed by atoms with E-state index in [0.29, 0.717) is 19.6 Å². The van der Waals surface area contributed by atoms with Crippen LogP contribution >= 0.6 is 0 Å². The molecule has 0 aromatic heterocycles. The molecular formula is C26H48N2O6. The summed E-state index contributed by atoms with van der Waals surface area (Å²) in [6, 6.07) is 0. The molecule has 2 N–H and O–H groups in total. The molecule has 0 aliphatic carbocycles. The number of ether oxygens (including phenoxy) is 1. The molecule has 2 amide bonds. The molecule has 0 heterocycles. The molecule has 0 radical (unpaired) electrons. The molecule has 0 saturated carbocycles. The van der Waals surface area contributed by atoms with Crippen LogP contribution in [0.5, 0.6) is 0 Å². The second-order valence-corrected chi connectivity index (χ2v) is 8.81. The first-order chi connectivity index (χ1) is 16.4. The quantitative estimate of drug-likeness (QED) is 0.145. The zero-order valence-electron chi connectivity index (χ0n) is 21.5. The van der Waals surface area contributed by atoms with E-state index in [4.69, 9.17) is 14.9 Å². The Morgan fingerprint density at radius 1 is 0.735 bits per heavy atom. The van der Waals surface area contributed by atoms with Crippen LogP contribution in [0, 0.1) is 0 Å². The average Bonchev–Trinajstić information content (AvgIpc) is 2.80. The first-order valence-electron chi connectivity index (χ1n) is 13.0. The van der Waals surface area contributed by atoms with E-state index in [9.17, 15) is 14.4 Å². The number of hydrogen-bond donors (Lipinski definition) is 2. The highest BCUT2D eigenvalue weighted by atomic mass is 16.5. The molecule has 0 aliphatic rings. The van der Waals surface area contributed by atoms with Crippen LogP contribution in [0.1, 0.15) is 96.8 Å². The summed E-state index contributed by atoms with van der Waals surface area (Å²) in [6.07, 6.45) is 19.3. The Morgan fingerprint density at radius 3 is 1.79 bits per heavy atom. The third kappa shape index (κ3) is 19.4. The molecular weight excluding hydrogens is 436 g/mol. The van der Waals surface area contributed by atoms with Crippen LogP contribution in [0.3, 0.4) is 0 Å². The number of carboxylic acid groups (broad SMARTS) is 2. The fourth-order valence-electron chi connectivity index (χ4n) is 3.71. The SMILES string of the molecule is CCCCCCCC/C=C\CCCCCCCC(=O)N(CCOC)CCN(CC(=O)O)C(=O)O. The number of methoxy groups -OCH3 is 1. The fourth-order valence-corrected chi connectivity index (χ4v) is 3.71. The summed E-state index contributed by atoms with van der Waals surface area (Å²) in [5, 5.41) is 18.0. The lowest BCUT2D eigenvalue weighted by Crippen LogP contribution is -2.43. The van der Waals surface area contributed by atoms with E-state index < -0.39 is 18.6 Å². The third-order valence-corrected chi connectivity index (χ3v) is 5.81. The molecule has 0 atom stereocenters. The molecule has 0 rings (SSSR count). The minimum Gasteiger partial charge on any atom is -0.480 e. The molecule has 8 nitrogen and oxygen atoms in total. The summed E-state index contributed by atoms with van der Waals surface area (Å²) in [5.74, 6) is -1.26. The van der Waals surface area contributed by atoms with Crippen molar-refractivity contribution < 1.29 is 29.3 Å². The summed E-state index contributed by atoms with van der Waals surface area (Å²) in [5.41, 5.74) is 0. The molecule has 0 bridgehead atoms. The average molecular weight is 485 g/mol. The van der Waals surface area contributed by atoms with Gasteiger partial charge in [0.1, 0.15) is 6.54 Å². The smallest absolute Gasteiger partial charge is 0.407 e. The predicted molar refractivity (Wildman–Crippen MR) is 135 cm³/mol. The van der Waals surface area contributed by atoms with Crippen LogP contribution in [-0.4, -0.2) is 77.9 Å². The molecule has 34 heavy (non-hydrogen) atoms. The number of carbonyl (C=O) groups is 3. The van der Waals surface area contributed by atoms with Gasteiger partial charge in [0.15, 0.2) is 0 Å². The highest BCUT2D eigenvalue weighted by Gasteiger charge is 2.19. The number of carbonyl (C=O) groups excluding carboxylic acids is 1. The zero-order valence-corrected chi connectivity index (χ0v) is 21.5. The lowest BCUT2D eigenvalue weighted by Gasteiger charge is -2.25. The summed E-state index contributed by atoms with van der Waals surface area (Å²) >= 11 is 0. The van der Waals surface area contributed by atoms with Crippen LogP contribution in [0.4, 0.5) is 4.79 Å². The Bertz CT molecular complexity index is 567. The highest BCUT2D eigenvalue weighted by Crippen LogP contribution is 2.11. The van der Waals surface area contributed by atoms with E-state index >= 15 is 0 Å². The maximum Gasteiger partial charge on any atom is 0.407 e. The fraction of sp³-hybridized carbons (Fsp3) is 0.808. The summed E-state index contributed by atoms with van der Waals surface area (Å²) in [7, 11) is 1.54. The molecule has 0 fully saturated rings. The molecule has 0 aromatic rings. The van der Waals surface area contributed by atoms with Crippen LogP contribution < -0.4 is 0 Å². The Balaban J connectivity index is 3.97. The van der Waals surface area contributed by atoms with Crippen molar-refractivity contribution in [3.8, 4) is 0 Å². The molecule has 8 heteroatoms. The molecule has 0 unspecified atom stereocenters. The number of hydrogen-bond acceptors (Lipinski definition) is 4. The highest BCUT2D eigenvalue weighted by molar-refractivity contribution is 5.77. The van der Waals surface area contributed by atoms with Crippen molar-refractivity contribution >= 4 is 18.0 Å². The summed E-state index contributed by atoms with van der Waals surface area (Å²) < 4.78 is 5.05. The second kappa shape index (κ2) is 22.7. The molecule has 198 valence electrons. The maximum absolute atomic E-state index is 12.6. The van der Waals surface area contributed by atoms with Gasteiger partial charge in [-0.3, -0.25) is 14.5 Å². The predicted octanol–water partition coefficient (Wildman–Crippen LogP) is 5.56. The van der Waals surface area contributed by atoms with E-state index in [1.54, 1.807) is 12.0 Å². The van der Waals surface area contributed by atoms with Gasteiger partial charge in [-0.05, 0) is 32.1 Å². The lowest BCUT2D eigenvalue weighted by atomic mass is 10.1. The van der Waals surface area contributed by atoms with Crippen molar-refractivity contribution in [2.75, 3.05) is 39.9 Å². The van der Waals surface area contributed by atoms with Gasteiger partial charge < -0.3 is 19.8 Å². The molecule has 0 saturated heterocycles. The van der Waals surface area contributed by atoms with Gasteiger partial charge in [-0.25, -0.2) is 4.79 Å². The van der Waals surface area contributed by atoms with Crippen molar-refractivity contribution in [2.45, 2.75) is 96.8 Å². The van der Waals surface area contributed by atoms with Gasteiger partial charge in [-0.2, -0.15) is 0 Å². The van der Waals surface area contributed by atoms with Crippen LogP contribution in [0.25, 0.3) is 0 Å². The Morgan fingerprint density at radius 2 is 1.26 bits per heavy atom. The number of carboxylic acids is 1. The van der Waals surface area contributed by atoms with Crippen molar-refractivity contribution in [2.24, 2.45) is 0 Å². The van der Waals surface area contributed by atoms with Crippen molar-refractivity contribution in [3.05, 3.63) is 12.2 Å². The Hall–Kier alpha value is -2.09.